The number of nitrogens with one attached hydrogen (secondary N) is 1. The van der Waals surface area contributed by atoms with Gasteiger partial charge in [-0.1, -0.05) is 26.7 Å². The maximum atomic E-state index is 11.4. The largest absolute Gasteiger partial charge is 0.381 e. The number of carbonyl (C=O) groups excluding carboxylic acids is 2. The van der Waals surface area contributed by atoms with Crippen molar-refractivity contribution in [1.82, 2.24) is 10.4 Å². The highest BCUT2D eigenvalue weighted by atomic mass is 16.7. The molecular formula is C15H31N3O5. The third-order valence-electron chi connectivity index (χ3n) is 3.35. The van der Waals surface area contributed by atoms with Crippen LogP contribution >= 0.6 is 0 Å². The number of nitrogens with zero attached hydrogens (tertiary/aromatic N) is 1. The van der Waals surface area contributed by atoms with Crippen molar-refractivity contribution < 1.29 is 24.4 Å². The highest BCUT2D eigenvalue weighted by Gasteiger charge is 2.21. The van der Waals surface area contributed by atoms with Gasteiger partial charge in [0.25, 0.3) is 0 Å². The molecule has 0 bridgehead atoms. The molecule has 1 unspecified atom stereocenters. The minimum absolute atomic E-state index is 0.481. The lowest BCUT2D eigenvalue weighted by atomic mass is 10.2. The number of carbonyl (C=O) groups is 2. The van der Waals surface area contributed by atoms with Crippen LogP contribution in [0.5, 0.6) is 0 Å². The summed E-state index contributed by atoms with van der Waals surface area (Å²) in [7, 11) is 0. The second-order valence-corrected chi connectivity index (χ2v) is 5.43. The lowest BCUT2D eigenvalue weighted by Crippen LogP contribution is -2.34. The summed E-state index contributed by atoms with van der Waals surface area (Å²) in [6.45, 7) is 7.91. The van der Waals surface area contributed by atoms with Crippen LogP contribution in [0.4, 0.5) is 0 Å². The highest BCUT2D eigenvalue weighted by Crippen LogP contribution is 2.00. The first kappa shape index (κ1) is 21.8. The fourth-order valence-corrected chi connectivity index (χ4v) is 1.95. The van der Waals surface area contributed by atoms with Crippen LogP contribution in [-0.2, 0) is 19.3 Å². The summed E-state index contributed by atoms with van der Waals surface area (Å²) in [5.41, 5.74) is 2.51. The number of unbranched alkanes of at least 4 members (excludes halogenated alkanes) is 2. The summed E-state index contributed by atoms with van der Waals surface area (Å²) in [4.78, 5) is 33.2. The molecule has 0 aromatic rings. The van der Waals surface area contributed by atoms with Crippen LogP contribution in [0.3, 0.4) is 0 Å². The topological polar surface area (TPSA) is 114 Å². The molecule has 0 spiro atoms. The zero-order valence-corrected chi connectivity index (χ0v) is 14.3. The summed E-state index contributed by atoms with van der Waals surface area (Å²) >= 11 is 0. The Morgan fingerprint density at radius 1 is 1.13 bits per heavy atom. The monoisotopic (exact) mass is 333 g/mol. The first-order valence-corrected chi connectivity index (χ1v) is 8.28. The van der Waals surface area contributed by atoms with Crippen LogP contribution in [0.2, 0.25) is 0 Å². The number of hydroxylamine groups is 1. The second kappa shape index (κ2) is 14.4. The van der Waals surface area contributed by atoms with Gasteiger partial charge in [-0.3, -0.25) is 4.79 Å². The maximum Gasteiger partial charge on any atom is 0.354 e. The van der Waals surface area contributed by atoms with E-state index in [2.05, 4.69) is 39.8 Å². The van der Waals surface area contributed by atoms with Gasteiger partial charge in [-0.05, 0) is 38.9 Å². The standard InChI is InChI=1S/C15H31N3O5/c1-3-5-9-18(10-6-4-2)11-7-8-17-23-15(21)13(19)12-14(20)22-16/h13,17,19H,3-12,16H2,1-2H3. The molecule has 0 amide bonds. The molecule has 4 N–H and O–H groups in total. The van der Waals surface area contributed by atoms with Crippen molar-refractivity contribution in [1.29, 1.82) is 0 Å². The number of nitrogens with two attached hydrogens (primary N) is 1. The van der Waals surface area contributed by atoms with E-state index >= 15 is 0 Å². The summed E-state index contributed by atoms with van der Waals surface area (Å²) in [5.74, 6) is 2.82. The maximum absolute atomic E-state index is 11.4. The van der Waals surface area contributed by atoms with Crippen molar-refractivity contribution >= 4 is 11.9 Å². The van der Waals surface area contributed by atoms with E-state index in [1.165, 1.54) is 25.7 Å². The highest BCUT2D eigenvalue weighted by molar-refractivity contribution is 5.81. The van der Waals surface area contributed by atoms with Gasteiger partial charge in [0.05, 0.1) is 6.42 Å². The van der Waals surface area contributed by atoms with E-state index in [4.69, 9.17) is 0 Å². The van der Waals surface area contributed by atoms with Gasteiger partial charge in [0.2, 0.25) is 0 Å². The molecule has 1 atom stereocenters. The smallest absolute Gasteiger partial charge is 0.354 e. The van der Waals surface area contributed by atoms with Crippen molar-refractivity contribution in [2.75, 3.05) is 26.2 Å². The van der Waals surface area contributed by atoms with E-state index < -0.39 is 24.5 Å². The molecule has 0 aliphatic heterocycles. The molecule has 0 rings (SSSR count). The minimum Gasteiger partial charge on any atom is -0.381 e. The quantitative estimate of drug-likeness (QED) is 0.311. The first-order valence-electron chi connectivity index (χ1n) is 8.28. The molecule has 0 aromatic carbocycles. The van der Waals surface area contributed by atoms with Gasteiger partial charge in [0, 0.05) is 6.54 Å². The molecule has 23 heavy (non-hydrogen) atoms. The Labute approximate surface area is 138 Å². The van der Waals surface area contributed by atoms with E-state index in [9.17, 15) is 14.7 Å². The van der Waals surface area contributed by atoms with Crippen molar-refractivity contribution in [2.24, 2.45) is 5.90 Å². The van der Waals surface area contributed by atoms with Gasteiger partial charge < -0.3 is 19.7 Å². The van der Waals surface area contributed by atoms with Crippen molar-refractivity contribution in [2.45, 2.75) is 58.5 Å². The van der Waals surface area contributed by atoms with Gasteiger partial charge in [-0.25, -0.2) is 4.79 Å². The normalized spacial score (nSPS) is 12.2. The Bertz CT molecular complexity index is 320. The van der Waals surface area contributed by atoms with Crippen molar-refractivity contribution in [3.63, 3.8) is 0 Å². The van der Waals surface area contributed by atoms with Gasteiger partial charge in [0.15, 0.2) is 6.10 Å². The average molecular weight is 333 g/mol. The summed E-state index contributed by atoms with van der Waals surface area (Å²) < 4.78 is 0. The Kier molecular flexibility index (Phi) is 13.6. The molecule has 0 saturated heterocycles. The van der Waals surface area contributed by atoms with Gasteiger partial charge >= 0.3 is 11.9 Å². The summed E-state index contributed by atoms with van der Waals surface area (Å²) in [6, 6.07) is 0. The van der Waals surface area contributed by atoms with Gasteiger partial charge in [-0.15, -0.1) is 0 Å². The van der Waals surface area contributed by atoms with E-state index in [1.54, 1.807) is 0 Å². The number of hydrogen-bond donors (Lipinski definition) is 3. The molecule has 0 aliphatic carbocycles. The molecule has 0 aliphatic rings. The second-order valence-electron chi connectivity index (χ2n) is 5.43. The number of aliphatic hydroxyl groups excluding tert-OH is 1. The number of aliphatic hydroxyl groups is 1. The van der Waals surface area contributed by atoms with E-state index in [1.807, 2.05) is 0 Å². The Morgan fingerprint density at radius 2 is 1.70 bits per heavy atom. The van der Waals surface area contributed by atoms with Crippen LogP contribution in [0.25, 0.3) is 0 Å². The Balaban J connectivity index is 3.82. The average Bonchev–Trinajstić information content (AvgIpc) is 2.55. The first-order chi connectivity index (χ1) is 11.0. The fourth-order valence-electron chi connectivity index (χ4n) is 1.95. The van der Waals surface area contributed by atoms with E-state index in [0.717, 1.165) is 26.1 Å². The van der Waals surface area contributed by atoms with Crippen molar-refractivity contribution in [3.05, 3.63) is 0 Å². The molecule has 0 heterocycles. The molecule has 0 fully saturated rings. The van der Waals surface area contributed by atoms with Crippen LogP contribution < -0.4 is 11.4 Å². The van der Waals surface area contributed by atoms with E-state index in [-0.39, 0.29) is 0 Å². The number of rotatable bonds is 14. The van der Waals surface area contributed by atoms with Crippen LogP contribution in [0.1, 0.15) is 52.4 Å². The molecular weight excluding hydrogens is 302 g/mol. The lowest BCUT2D eigenvalue weighted by molar-refractivity contribution is -0.166. The molecule has 0 aromatic heterocycles. The minimum atomic E-state index is -1.58. The predicted molar refractivity (Wildman–Crippen MR) is 85.9 cm³/mol. The molecule has 0 saturated carbocycles. The Morgan fingerprint density at radius 3 is 2.22 bits per heavy atom. The molecule has 8 nitrogen and oxygen atoms in total. The third-order valence-corrected chi connectivity index (χ3v) is 3.35. The van der Waals surface area contributed by atoms with E-state index in [0.29, 0.717) is 6.54 Å². The zero-order valence-electron chi connectivity index (χ0n) is 14.3. The van der Waals surface area contributed by atoms with Crippen LogP contribution in [0, 0.1) is 0 Å². The summed E-state index contributed by atoms with van der Waals surface area (Å²) in [5, 5.41) is 9.38. The van der Waals surface area contributed by atoms with Crippen LogP contribution in [0.15, 0.2) is 0 Å². The lowest BCUT2D eigenvalue weighted by Gasteiger charge is -2.21. The number of hydrogen-bond acceptors (Lipinski definition) is 8. The molecule has 8 heteroatoms. The summed E-state index contributed by atoms with van der Waals surface area (Å²) in [6.07, 6.45) is 3.40. The Hall–Kier alpha value is -1.22. The van der Waals surface area contributed by atoms with Crippen LogP contribution in [-0.4, -0.2) is 54.2 Å². The predicted octanol–water partition coefficient (Wildman–Crippen LogP) is 0.494. The van der Waals surface area contributed by atoms with Gasteiger partial charge in [-0.2, -0.15) is 11.4 Å². The zero-order chi connectivity index (χ0) is 17.5. The fraction of sp³-hybridized carbons (Fsp3) is 0.867. The van der Waals surface area contributed by atoms with Gasteiger partial charge in [0.1, 0.15) is 0 Å². The molecule has 0 radical (unpaired) electrons. The SMILES string of the molecule is CCCCN(CCCC)CCCNOC(=O)C(O)CC(=O)ON. The van der Waals surface area contributed by atoms with Crippen molar-refractivity contribution in [3.8, 4) is 0 Å². The molecule has 136 valence electrons. The third kappa shape index (κ3) is 11.9.